The Hall–Kier alpha value is -2.17. The maximum atomic E-state index is 12.8. The molecular weight excluding hydrogens is 396 g/mol. The van der Waals surface area contributed by atoms with Gasteiger partial charge in [0.05, 0.1) is 18.0 Å². The summed E-state index contributed by atoms with van der Waals surface area (Å²) in [6, 6.07) is 5.77. The maximum Gasteiger partial charge on any atom is 0.243 e. The number of hydrogen-bond donors (Lipinski definition) is 2. The number of sulfonamides is 1. The molecule has 9 nitrogen and oxygen atoms in total. The number of carbonyl (C=O) groups excluding carboxylic acids is 2. The zero-order valence-corrected chi connectivity index (χ0v) is 18.0. The van der Waals surface area contributed by atoms with E-state index in [1.165, 1.54) is 4.31 Å². The Morgan fingerprint density at radius 2 is 1.72 bits per heavy atom. The fourth-order valence-corrected chi connectivity index (χ4v) is 4.46. The summed E-state index contributed by atoms with van der Waals surface area (Å²) in [5.74, 6) is 0.141. The molecule has 2 rings (SSSR count). The molecule has 29 heavy (non-hydrogen) atoms. The van der Waals surface area contributed by atoms with Gasteiger partial charge in [-0.25, -0.2) is 8.42 Å². The van der Waals surface area contributed by atoms with Crippen LogP contribution in [0.5, 0.6) is 5.75 Å². The molecule has 10 heteroatoms. The molecule has 0 radical (unpaired) electrons. The molecule has 1 aromatic carbocycles. The smallest absolute Gasteiger partial charge is 0.243 e. The summed E-state index contributed by atoms with van der Waals surface area (Å²) < 4.78 is 32.4. The topological polar surface area (TPSA) is 108 Å². The summed E-state index contributed by atoms with van der Waals surface area (Å²) in [5.41, 5.74) is 0. The van der Waals surface area contributed by atoms with E-state index in [-0.39, 0.29) is 23.3 Å². The fourth-order valence-electron chi connectivity index (χ4n) is 3.03. The summed E-state index contributed by atoms with van der Waals surface area (Å²) in [5, 5.41) is 5.31. The number of piperazine rings is 1. The lowest BCUT2D eigenvalue weighted by Gasteiger charge is -2.33. The van der Waals surface area contributed by atoms with Crippen LogP contribution in [-0.2, 0) is 19.6 Å². The second kappa shape index (κ2) is 10.6. The Bertz CT molecular complexity index is 789. The lowest BCUT2D eigenvalue weighted by molar-refractivity contribution is -0.129. The van der Waals surface area contributed by atoms with Crippen molar-refractivity contribution in [3.63, 3.8) is 0 Å². The molecule has 2 amide bonds. The largest absolute Gasteiger partial charge is 0.494 e. The highest BCUT2D eigenvalue weighted by molar-refractivity contribution is 7.89. The van der Waals surface area contributed by atoms with Gasteiger partial charge < -0.3 is 15.4 Å². The molecule has 1 saturated heterocycles. The molecule has 0 aliphatic carbocycles. The van der Waals surface area contributed by atoms with E-state index >= 15 is 0 Å². The van der Waals surface area contributed by atoms with Crippen LogP contribution in [0.3, 0.4) is 0 Å². The maximum absolute atomic E-state index is 12.8. The number of likely N-dealkylation sites (N-methyl/N-ethyl adjacent to an activating group) is 1. The van der Waals surface area contributed by atoms with Crippen LogP contribution < -0.4 is 15.4 Å². The third kappa shape index (κ3) is 6.41. The number of rotatable bonds is 9. The van der Waals surface area contributed by atoms with Gasteiger partial charge in [0.15, 0.2) is 0 Å². The van der Waals surface area contributed by atoms with Gasteiger partial charge >= 0.3 is 0 Å². The van der Waals surface area contributed by atoms with Gasteiger partial charge in [-0.3, -0.25) is 14.5 Å². The zero-order valence-electron chi connectivity index (χ0n) is 17.2. The van der Waals surface area contributed by atoms with E-state index in [9.17, 15) is 18.0 Å². The molecule has 1 aliphatic heterocycles. The molecule has 1 aliphatic rings. The normalized spacial score (nSPS) is 16.8. The highest BCUT2D eigenvalue weighted by atomic mass is 32.2. The van der Waals surface area contributed by atoms with Gasteiger partial charge in [0, 0.05) is 32.7 Å². The van der Waals surface area contributed by atoms with Gasteiger partial charge in [0.2, 0.25) is 21.8 Å². The molecule has 162 valence electrons. The van der Waals surface area contributed by atoms with Gasteiger partial charge in [0.1, 0.15) is 11.8 Å². The summed E-state index contributed by atoms with van der Waals surface area (Å²) in [6.07, 6.45) is 0. The van der Waals surface area contributed by atoms with Crippen LogP contribution in [-0.4, -0.2) is 81.4 Å². The van der Waals surface area contributed by atoms with E-state index in [1.807, 2.05) is 18.7 Å². The van der Waals surface area contributed by atoms with Gasteiger partial charge in [0.25, 0.3) is 0 Å². The quantitative estimate of drug-likeness (QED) is 0.577. The minimum absolute atomic E-state index is 0.126. The van der Waals surface area contributed by atoms with Crippen LogP contribution in [0.4, 0.5) is 0 Å². The third-order valence-electron chi connectivity index (χ3n) is 4.59. The summed E-state index contributed by atoms with van der Waals surface area (Å²) >= 11 is 0. The molecule has 0 spiro atoms. The van der Waals surface area contributed by atoms with Crippen molar-refractivity contribution < 1.29 is 22.7 Å². The highest BCUT2D eigenvalue weighted by Crippen LogP contribution is 2.20. The van der Waals surface area contributed by atoms with Crippen LogP contribution in [0.15, 0.2) is 29.2 Å². The van der Waals surface area contributed by atoms with Crippen LogP contribution in [0.1, 0.15) is 20.8 Å². The van der Waals surface area contributed by atoms with E-state index in [2.05, 4.69) is 10.6 Å². The van der Waals surface area contributed by atoms with Crippen molar-refractivity contribution in [3.8, 4) is 5.75 Å². The monoisotopic (exact) mass is 426 g/mol. The number of benzene rings is 1. The molecular formula is C19H30N4O5S. The number of ether oxygens (including phenoxy) is 1. The van der Waals surface area contributed by atoms with Gasteiger partial charge in [-0.15, -0.1) is 0 Å². The van der Waals surface area contributed by atoms with Gasteiger partial charge in [-0.1, -0.05) is 0 Å². The Morgan fingerprint density at radius 3 is 2.28 bits per heavy atom. The average molecular weight is 427 g/mol. The molecule has 1 atom stereocenters. The zero-order chi connectivity index (χ0) is 21.4. The summed E-state index contributed by atoms with van der Waals surface area (Å²) in [4.78, 5) is 25.9. The minimum Gasteiger partial charge on any atom is -0.494 e. The minimum atomic E-state index is -3.58. The first kappa shape index (κ1) is 23.1. The number of nitrogens with zero attached hydrogens (tertiary/aromatic N) is 2. The molecule has 0 unspecified atom stereocenters. The van der Waals surface area contributed by atoms with E-state index in [0.717, 1.165) is 0 Å². The number of hydrogen-bond acceptors (Lipinski definition) is 6. The summed E-state index contributed by atoms with van der Waals surface area (Å²) in [7, 11) is -3.58. The van der Waals surface area contributed by atoms with Crippen LogP contribution in [0.25, 0.3) is 0 Å². The summed E-state index contributed by atoms with van der Waals surface area (Å²) in [6.45, 7) is 7.94. The first-order chi connectivity index (χ1) is 13.8. The Labute approximate surface area is 172 Å². The first-order valence-electron chi connectivity index (χ1n) is 9.80. The van der Waals surface area contributed by atoms with E-state index in [4.69, 9.17) is 4.74 Å². The van der Waals surface area contributed by atoms with Gasteiger partial charge in [-0.2, -0.15) is 4.31 Å². The van der Waals surface area contributed by atoms with Crippen molar-refractivity contribution in [2.24, 2.45) is 0 Å². The lowest BCUT2D eigenvalue weighted by atomic mass is 10.3. The predicted octanol–water partition coefficient (Wildman–Crippen LogP) is 0.0324. The van der Waals surface area contributed by atoms with Crippen molar-refractivity contribution in [1.82, 2.24) is 19.8 Å². The third-order valence-corrected chi connectivity index (χ3v) is 6.51. The Balaban J connectivity index is 1.86. The fraction of sp³-hybridized carbons (Fsp3) is 0.579. The second-order valence-electron chi connectivity index (χ2n) is 6.77. The first-order valence-corrected chi connectivity index (χ1v) is 11.2. The van der Waals surface area contributed by atoms with Crippen molar-refractivity contribution >= 4 is 21.8 Å². The SMILES string of the molecule is CCNC(=O)[C@H](C)NC(=O)CN1CCN(S(=O)(=O)c2ccc(OCC)cc2)CC1. The number of amides is 2. The number of carbonyl (C=O) groups is 2. The molecule has 2 N–H and O–H groups in total. The standard InChI is InChI=1S/C19H30N4O5S/c1-4-20-19(25)15(3)21-18(24)14-22-10-12-23(13-11-22)29(26,27)17-8-6-16(7-9-17)28-5-2/h6-9,15H,4-5,10-14H2,1-3H3,(H,20,25)(H,21,24)/t15-/m0/s1. The van der Waals surface area contributed by atoms with Crippen molar-refractivity contribution in [1.29, 1.82) is 0 Å². The van der Waals surface area contributed by atoms with Crippen LogP contribution >= 0.6 is 0 Å². The van der Waals surface area contributed by atoms with E-state index < -0.39 is 16.1 Å². The average Bonchev–Trinajstić information content (AvgIpc) is 2.69. The predicted molar refractivity (Wildman–Crippen MR) is 109 cm³/mol. The van der Waals surface area contributed by atoms with Crippen molar-refractivity contribution in [3.05, 3.63) is 24.3 Å². The molecule has 0 saturated carbocycles. The Morgan fingerprint density at radius 1 is 1.10 bits per heavy atom. The van der Waals surface area contributed by atoms with E-state index in [1.54, 1.807) is 31.2 Å². The molecule has 1 aromatic rings. The Kier molecular flexibility index (Phi) is 8.42. The van der Waals surface area contributed by atoms with Gasteiger partial charge in [-0.05, 0) is 45.0 Å². The highest BCUT2D eigenvalue weighted by Gasteiger charge is 2.29. The van der Waals surface area contributed by atoms with Crippen molar-refractivity contribution in [2.45, 2.75) is 31.7 Å². The lowest BCUT2D eigenvalue weighted by Crippen LogP contribution is -2.53. The number of nitrogens with one attached hydrogen (secondary N) is 2. The molecule has 1 heterocycles. The van der Waals surface area contributed by atoms with Crippen molar-refractivity contribution in [2.75, 3.05) is 45.9 Å². The van der Waals surface area contributed by atoms with Crippen LogP contribution in [0.2, 0.25) is 0 Å². The second-order valence-corrected chi connectivity index (χ2v) is 8.71. The molecule has 0 aromatic heterocycles. The molecule has 0 bridgehead atoms. The van der Waals surface area contributed by atoms with E-state index in [0.29, 0.717) is 45.1 Å². The van der Waals surface area contributed by atoms with Crippen LogP contribution in [0, 0.1) is 0 Å². The molecule has 1 fully saturated rings.